The van der Waals surface area contributed by atoms with Crippen molar-refractivity contribution in [2.45, 2.75) is 171 Å². The Balaban J connectivity index is 1.59. The lowest BCUT2D eigenvalue weighted by Crippen LogP contribution is -2.99. The molecule has 3 saturated heterocycles. The summed E-state index contributed by atoms with van der Waals surface area (Å²) in [6.45, 7) is 14.0. The average Bonchev–Trinajstić information content (AvgIpc) is 3.67. The van der Waals surface area contributed by atoms with Gasteiger partial charge >= 0.3 is 41.8 Å². The van der Waals surface area contributed by atoms with Crippen molar-refractivity contribution >= 4 is 41.8 Å². The number of ether oxygens (including phenoxy) is 11. The van der Waals surface area contributed by atoms with Gasteiger partial charge in [0, 0.05) is 62.3 Å². The van der Waals surface area contributed by atoms with E-state index in [4.69, 9.17) is 56.5 Å². The number of fused-ring (bicyclic) bond motifs is 2. The van der Waals surface area contributed by atoms with Crippen LogP contribution in [0, 0.1) is 22.2 Å². The second-order valence-corrected chi connectivity index (χ2v) is 19.3. The van der Waals surface area contributed by atoms with Crippen molar-refractivity contribution in [1.29, 1.82) is 0 Å². The molecule has 1 aromatic heterocycles. The first kappa shape index (κ1) is 45.9. The molecule has 64 heavy (non-hydrogen) atoms. The van der Waals surface area contributed by atoms with Crippen molar-refractivity contribution in [1.82, 2.24) is 0 Å². The summed E-state index contributed by atoms with van der Waals surface area (Å²) in [5.74, 6) is -9.94. The van der Waals surface area contributed by atoms with Gasteiger partial charge in [-0.3, -0.25) is 28.8 Å². The van der Waals surface area contributed by atoms with E-state index >= 15 is 0 Å². The number of esters is 7. The van der Waals surface area contributed by atoms with Crippen LogP contribution < -0.4 is 0 Å². The fourth-order valence-corrected chi connectivity index (χ4v) is 13.9. The maximum Gasteiger partial charge on any atom is 0.341 e. The van der Waals surface area contributed by atoms with Crippen molar-refractivity contribution < 1.29 is 95.2 Å². The largest absolute Gasteiger partial charge is 0.472 e. The minimum Gasteiger partial charge on any atom is -0.472 e. The van der Waals surface area contributed by atoms with Crippen LogP contribution in [0.15, 0.2) is 23.0 Å². The van der Waals surface area contributed by atoms with Gasteiger partial charge in [0.25, 0.3) is 5.97 Å². The van der Waals surface area contributed by atoms with Gasteiger partial charge in [0.15, 0.2) is 29.0 Å². The SMILES string of the molecule is CCC(=O)O[C@@H]1[C@@]2(OC(C)=O)[C@@H](OC(=O)[C@@]3(C)O[C@@H]3C)[C@]3(C)C[C@@]2(O)[C@@](C)([C@H]3CC(=O)OC)[C@]23O[C@@]4(C)O[C@](CC(=O)OC)([C@@]12O4)[C@](C)([C@@H](OC(C)=O)c1ccoc1)C[C@H]3OC(C)=O. The second-order valence-electron chi connectivity index (χ2n) is 19.3. The molecule has 4 bridgehead atoms. The molecule has 1 spiro atoms. The Bertz CT molecular complexity index is 2210. The molecule has 0 radical (unpaired) electrons. The van der Waals surface area contributed by atoms with Crippen molar-refractivity contribution in [3.8, 4) is 0 Å². The van der Waals surface area contributed by atoms with Crippen molar-refractivity contribution in [2.24, 2.45) is 22.2 Å². The Kier molecular flexibility index (Phi) is 10.0. The first-order chi connectivity index (χ1) is 29.7. The van der Waals surface area contributed by atoms with E-state index in [9.17, 15) is 38.7 Å². The Hall–Kier alpha value is -4.63. The number of carbonyl (C=O) groups excluding carboxylic acids is 7. The Morgan fingerprint density at radius 1 is 0.828 bits per heavy atom. The standard InChI is InChI=1S/C44H56O20/c1-13-28(48)58-33-42(61-24(5)47)32(59-34(51)37(8)21(2)60-37)35(6)20-40(42,52)38(9,26(35)16-29(49)53-11)43-27(56-22(3)45)17-36(7,31(57-23(4)46)25-14-15-55-19-25)41(18-30(50)54-12)44(33,43)64-39(10,62-41)63-43/h14-15,19,21,26-27,31-33,52H,13,16-18,20H2,1-12H3/t21-,26+,27-,31+,32+,33-,35-,36+,37+,38-,39-,40-,41+,42+,43+,44+/m1/s1. The van der Waals surface area contributed by atoms with Crippen LogP contribution in [-0.4, -0.2) is 125 Å². The van der Waals surface area contributed by atoms with Gasteiger partial charge < -0.3 is 61.6 Å². The highest BCUT2D eigenvalue weighted by atomic mass is 17.0. The number of hydrogen-bond donors (Lipinski definition) is 1. The summed E-state index contributed by atoms with van der Waals surface area (Å²) in [5, 5.41) is 14.3. The van der Waals surface area contributed by atoms with Crippen LogP contribution in [0.4, 0.5) is 0 Å². The van der Waals surface area contributed by atoms with Crippen LogP contribution in [0.25, 0.3) is 0 Å². The maximum absolute atomic E-state index is 14.5. The monoisotopic (exact) mass is 904 g/mol. The molecule has 7 fully saturated rings. The zero-order valence-electron chi connectivity index (χ0n) is 37.9. The highest BCUT2D eigenvalue weighted by Gasteiger charge is 3.07. The molecule has 4 heterocycles. The van der Waals surface area contributed by atoms with Crippen LogP contribution in [0.3, 0.4) is 0 Å². The summed E-state index contributed by atoms with van der Waals surface area (Å²) in [5.41, 5.74) is -19.7. The minimum atomic E-state index is -2.75. The molecule has 0 amide bonds. The number of methoxy groups -OCH3 is 2. The van der Waals surface area contributed by atoms with Crippen LogP contribution in [0.2, 0.25) is 0 Å². The predicted molar refractivity (Wildman–Crippen MR) is 207 cm³/mol. The topological polar surface area (TPSA) is 258 Å². The fraction of sp³-hybridized carbons (Fsp3) is 0.750. The van der Waals surface area contributed by atoms with Crippen molar-refractivity contribution in [2.75, 3.05) is 14.2 Å². The van der Waals surface area contributed by atoms with E-state index in [2.05, 4.69) is 0 Å². The number of furan rings is 1. The smallest absolute Gasteiger partial charge is 0.341 e. The molecule has 20 nitrogen and oxygen atoms in total. The quantitative estimate of drug-likeness (QED) is 0.170. The Morgan fingerprint density at radius 3 is 2.00 bits per heavy atom. The lowest BCUT2D eigenvalue weighted by atomic mass is 9.32. The summed E-state index contributed by atoms with van der Waals surface area (Å²) in [6, 6.07) is 1.50. The lowest BCUT2D eigenvalue weighted by molar-refractivity contribution is -0.476. The molecule has 16 atom stereocenters. The highest BCUT2D eigenvalue weighted by molar-refractivity contribution is 5.84. The minimum absolute atomic E-state index is 0.236. The number of epoxide rings is 1. The molecule has 1 N–H and O–H groups in total. The van der Waals surface area contributed by atoms with E-state index in [0.29, 0.717) is 0 Å². The molecule has 8 rings (SSSR count). The third-order valence-corrected chi connectivity index (χ3v) is 16.2. The predicted octanol–water partition coefficient (Wildman–Crippen LogP) is 2.82. The van der Waals surface area contributed by atoms with Crippen LogP contribution in [0.1, 0.15) is 113 Å². The van der Waals surface area contributed by atoms with Crippen LogP contribution >= 0.6 is 0 Å². The summed E-state index contributed by atoms with van der Waals surface area (Å²) in [4.78, 5) is 98.1. The lowest BCUT2D eigenvalue weighted by Gasteiger charge is -2.78. The Labute approximate surface area is 368 Å². The second kappa shape index (κ2) is 13.9. The van der Waals surface area contributed by atoms with Gasteiger partial charge in [-0.05, 0) is 38.7 Å². The molecule has 0 aromatic carbocycles. The molecular weight excluding hydrogens is 848 g/mol. The van der Waals surface area contributed by atoms with E-state index < -0.39 is 160 Å². The van der Waals surface area contributed by atoms with Gasteiger partial charge in [-0.15, -0.1) is 0 Å². The van der Waals surface area contributed by atoms with E-state index in [1.807, 2.05) is 0 Å². The molecule has 0 unspecified atom stereocenters. The van der Waals surface area contributed by atoms with E-state index in [1.54, 1.807) is 27.7 Å². The molecule has 3 aliphatic heterocycles. The van der Waals surface area contributed by atoms with Gasteiger partial charge in [0.2, 0.25) is 5.60 Å². The first-order valence-electron chi connectivity index (χ1n) is 21.3. The number of rotatable bonds is 13. The number of aliphatic hydroxyl groups is 1. The van der Waals surface area contributed by atoms with Crippen LogP contribution in [-0.2, 0) is 85.7 Å². The van der Waals surface area contributed by atoms with E-state index in [-0.39, 0.29) is 12.0 Å². The van der Waals surface area contributed by atoms with Gasteiger partial charge in [0.05, 0.1) is 39.3 Å². The first-order valence-corrected chi connectivity index (χ1v) is 21.3. The van der Waals surface area contributed by atoms with Crippen molar-refractivity contribution in [3.05, 3.63) is 24.2 Å². The third-order valence-electron chi connectivity index (χ3n) is 16.2. The van der Waals surface area contributed by atoms with E-state index in [0.717, 1.165) is 35.0 Å². The molecule has 4 aliphatic carbocycles. The van der Waals surface area contributed by atoms with Gasteiger partial charge in [0.1, 0.15) is 23.4 Å². The number of carbonyl (C=O) groups is 7. The molecule has 352 valence electrons. The van der Waals surface area contributed by atoms with Gasteiger partial charge in [-0.2, -0.15) is 0 Å². The molecule has 7 aliphatic rings. The molecule has 4 saturated carbocycles. The highest BCUT2D eigenvalue weighted by Crippen LogP contribution is 2.89. The van der Waals surface area contributed by atoms with Crippen molar-refractivity contribution in [3.63, 3.8) is 0 Å². The molecule has 20 heteroatoms. The average molecular weight is 905 g/mol. The summed E-state index contributed by atoms with van der Waals surface area (Å²) in [7, 11) is 2.28. The molecule has 1 aromatic rings. The third kappa shape index (κ3) is 5.14. The summed E-state index contributed by atoms with van der Waals surface area (Å²) < 4.78 is 75.5. The van der Waals surface area contributed by atoms with Gasteiger partial charge in [-0.25, -0.2) is 4.79 Å². The summed E-state index contributed by atoms with van der Waals surface area (Å²) >= 11 is 0. The van der Waals surface area contributed by atoms with Gasteiger partial charge in [-0.1, -0.05) is 27.7 Å². The number of hydrogen-bond acceptors (Lipinski definition) is 20. The van der Waals surface area contributed by atoms with E-state index in [1.165, 1.54) is 39.4 Å². The Morgan fingerprint density at radius 2 is 1.47 bits per heavy atom. The maximum atomic E-state index is 14.5. The van der Waals surface area contributed by atoms with Crippen LogP contribution in [0.5, 0.6) is 0 Å². The molecular formula is C44H56O20. The zero-order chi connectivity index (χ0) is 47.2. The zero-order valence-corrected chi connectivity index (χ0v) is 37.9. The summed E-state index contributed by atoms with van der Waals surface area (Å²) in [6.07, 6.45) is -7.70. The normalized spacial score (nSPS) is 46.5. The fourth-order valence-electron chi connectivity index (χ4n) is 13.9.